The molecule has 17 heavy (non-hydrogen) atoms. The lowest BCUT2D eigenvalue weighted by Gasteiger charge is -2.00. The van der Waals surface area contributed by atoms with Crippen LogP contribution in [0.15, 0.2) is 18.2 Å². The summed E-state index contributed by atoms with van der Waals surface area (Å²) in [7, 11) is 0. The van der Waals surface area contributed by atoms with Crippen molar-refractivity contribution in [2.45, 2.75) is 6.42 Å². The summed E-state index contributed by atoms with van der Waals surface area (Å²) < 4.78 is 13.3. The molecule has 0 aliphatic heterocycles. The second kappa shape index (κ2) is 5.06. The molecule has 0 fully saturated rings. The number of primary amides is 1. The number of benzene rings is 1. The molecule has 4 N–H and O–H groups in total. The number of nitrogens with zero attached hydrogens (tertiary/aromatic N) is 1. The number of nitrogen functional groups attached to an aromatic ring is 1. The fourth-order valence-corrected chi connectivity index (χ4v) is 1.18. The number of hydrogen-bond acceptors (Lipinski definition) is 4. The number of nitro benzene ring substituents is 1. The van der Waals surface area contributed by atoms with Crippen molar-refractivity contribution in [3.63, 3.8) is 0 Å². The van der Waals surface area contributed by atoms with E-state index in [2.05, 4.69) is 0 Å². The minimum Gasteiger partial charge on any atom is -0.393 e. The van der Waals surface area contributed by atoms with Crippen LogP contribution in [-0.4, -0.2) is 10.8 Å². The Hall–Kier alpha value is -2.44. The number of carbonyl (C=O) groups excluding carboxylic acids is 1. The molecule has 0 spiro atoms. The Morgan fingerprint density at radius 3 is 2.71 bits per heavy atom. The fourth-order valence-electron chi connectivity index (χ4n) is 1.18. The third-order valence-corrected chi connectivity index (χ3v) is 1.96. The largest absolute Gasteiger partial charge is 0.393 e. The number of amides is 1. The van der Waals surface area contributed by atoms with Gasteiger partial charge in [-0.2, -0.15) is 0 Å². The Bertz CT molecular complexity index is 500. The van der Waals surface area contributed by atoms with Gasteiger partial charge in [0, 0.05) is 24.1 Å². The van der Waals surface area contributed by atoms with Crippen molar-refractivity contribution < 1.29 is 14.1 Å². The van der Waals surface area contributed by atoms with E-state index in [9.17, 15) is 19.3 Å². The predicted molar refractivity (Wildman–Crippen MR) is 60.3 cm³/mol. The summed E-state index contributed by atoms with van der Waals surface area (Å²) in [5.74, 6) is -1.28. The third kappa shape index (κ3) is 3.26. The average Bonchev–Trinajstić information content (AvgIpc) is 2.20. The molecule has 0 atom stereocenters. The zero-order valence-corrected chi connectivity index (χ0v) is 8.72. The number of hydrogen-bond donors (Lipinski definition) is 2. The molecule has 6 nitrogen and oxygen atoms in total. The number of anilines is 1. The standard InChI is InChI=1S/C10H10FN3O3/c11-7-5-8(12)9(14(16)17)4-6(7)2-1-3-10(13)15/h1-2,4-5H,3,12H2,(H2,13,15). The lowest BCUT2D eigenvalue weighted by atomic mass is 10.1. The maximum Gasteiger partial charge on any atom is 0.292 e. The molecule has 0 saturated heterocycles. The van der Waals surface area contributed by atoms with Gasteiger partial charge in [0.05, 0.1) is 4.92 Å². The minimum atomic E-state index is -0.708. The van der Waals surface area contributed by atoms with Crippen LogP contribution in [-0.2, 0) is 4.79 Å². The van der Waals surface area contributed by atoms with E-state index in [1.54, 1.807) is 0 Å². The van der Waals surface area contributed by atoms with Crippen molar-refractivity contribution >= 4 is 23.4 Å². The molecule has 0 unspecified atom stereocenters. The molecule has 0 saturated carbocycles. The van der Waals surface area contributed by atoms with Gasteiger partial charge in [-0.1, -0.05) is 12.2 Å². The van der Waals surface area contributed by atoms with Crippen LogP contribution in [0.3, 0.4) is 0 Å². The molecule has 90 valence electrons. The Labute approximate surface area is 95.9 Å². The van der Waals surface area contributed by atoms with Crippen LogP contribution in [0.4, 0.5) is 15.8 Å². The molecule has 0 aromatic heterocycles. The first-order valence-electron chi connectivity index (χ1n) is 4.60. The highest BCUT2D eigenvalue weighted by Crippen LogP contribution is 2.25. The maximum absolute atomic E-state index is 13.3. The van der Waals surface area contributed by atoms with E-state index < -0.39 is 16.6 Å². The quantitative estimate of drug-likeness (QED) is 0.467. The van der Waals surface area contributed by atoms with E-state index in [-0.39, 0.29) is 23.4 Å². The summed E-state index contributed by atoms with van der Waals surface area (Å²) >= 11 is 0. The van der Waals surface area contributed by atoms with E-state index in [1.807, 2.05) is 0 Å². The molecule has 0 heterocycles. The second-order valence-corrected chi connectivity index (χ2v) is 3.26. The van der Waals surface area contributed by atoms with E-state index in [0.717, 1.165) is 12.1 Å². The van der Waals surface area contributed by atoms with Crippen molar-refractivity contribution in [2.75, 3.05) is 5.73 Å². The van der Waals surface area contributed by atoms with Crippen molar-refractivity contribution in [3.05, 3.63) is 39.7 Å². The van der Waals surface area contributed by atoms with E-state index >= 15 is 0 Å². The minimum absolute atomic E-state index is 0.0212. The Morgan fingerprint density at radius 2 is 2.18 bits per heavy atom. The van der Waals surface area contributed by atoms with Gasteiger partial charge in [0.25, 0.3) is 5.69 Å². The maximum atomic E-state index is 13.3. The predicted octanol–water partition coefficient (Wildman–Crippen LogP) is 1.20. The van der Waals surface area contributed by atoms with Crippen molar-refractivity contribution in [2.24, 2.45) is 5.73 Å². The Balaban J connectivity index is 3.07. The Kier molecular flexibility index (Phi) is 3.76. The molecule has 0 radical (unpaired) electrons. The number of rotatable bonds is 4. The van der Waals surface area contributed by atoms with E-state index in [1.165, 1.54) is 12.2 Å². The average molecular weight is 239 g/mol. The van der Waals surface area contributed by atoms with Gasteiger partial charge in [-0.3, -0.25) is 14.9 Å². The summed E-state index contributed by atoms with van der Waals surface area (Å²) in [5.41, 5.74) is 9.52. The highest BCUT2D eigenvalue weighted by atomic mass is 19.1. The van der Waals surface area contributed by atoms with E-state index in [4.69, 9.17) is 11.5 Å². The molecular formula is C10H10FN3O3. The van der Waals surface area contributed by atoms with Crippen LogP contribution in [0.1, 0.15) is 12.0 Å². The van der Waals surface area contributed by atoms with E-state index in [0.29, 0.717) is 0 Å². The first-order chi connectivity index (χ1) is 7.91. The van der Waals surface area contributed by atoms with Gasteiger partial charge in [-0.05, 0) is 0 Å². The first-order valence-corrected chi connectivity index (χ1v) is 4.60. The lowest BCUT2D eigenvalue weighted by Crippen LogP contribution is -2.07. The summed E-state index contributed by atoms with van der Waals surface area (Å²) in [5, 5.41) is 10.6. The van der Waals surface area contributed by atoms with Crippen molar-refractivity contribution in [3.8, 4) is 0 Å². The van der Waals surface area contributed by atoms with Crippen LogP contribution in [0.2, 0.25) is 0 Å². The van der Waals surface area contributed by atoms with Crippen LogP contribution < -0.4 is 11.5 Å². The summed E-state index contributed by atoms with van der Waals surface area (Å²) in [4.78, 5) is 20.3. The number of nitrogens with two attached hydrogens (primary N) is 2. The third-order valence-electron chi connectivity index (χ3n) is 1.96. The second-order valence-electron chi connectivity index (χ2n) is 3.26. The van der Waals surface area contributed by atoms with Gasteiger partial charge in [0.15, 0.2) is 0 Å². The van der Waals surface area contributed by atoms with Gasteiger partial charge >= 0.3 is 0 Å². The molecule has 0 aliphatic rings. The molecule has 0 bridgehead atoms. The van der Waals surface area contributed by atoms with Crippen molar-refractivity contribution in [1.82, 2.24) is 0 Å². The molecule has 7 heteroatoms. The van der Waals surface area contributed by atoms with Crippen LogP contribution in [0, 0.1) is 15.9 Å². The normalized spacial score (nSPS) is 10.6. The molecule has 1 aromatic rings. The van der Waals surface area contributed by atoms with Gasteiger partial charge in [0.1, 0.15) is 11.5 Å². The van der Waals surface area contributed by atoms with Crippen molar-refractivity contribution in [1.29, 1.82) is 0 Å². The van der Waals surface area contributed by atoms with Crippen LogP contribution >= 0.6 is 0 Å². The summed E-state index contributed by atoms with van der Waals surface area (Å²) in [6.45, 7) is 0. The SMILES string of the molecule is NC(=O)CC=Cc1cc([N+](=O)[O-])c(N)cc1F. The number of carbonyl (C=O) groups is 1. The summed E-state index contributed by atoms with van der Waals surface area (Å²) in [6, 6.07) is 1.87. The van der Waals surface area contributed by atoms with Gasteiger partial charge in [-0.25, -0.2) is 4.39 Å². The van der Waals surface area contributed by atoms with Gasteiger partial charge < -0.3 is 11.5 Å². The zero-order valence-electron chi connectivity index (χ0n) is 8.72. The highest BCUT2D eigenvalue weighted by molar-refractivity contribution is 5.76. The highest BCUT2D eigenvalue weighted by Gasteiger charge is 2.14. The van der Waals surface area contributed by atoms with Gasteiger partial charge in [-0.15, -0.1) is 0 Å². The zero-order chi connectivity index (χ0) is 13.0. The molecule has 0 aliphatic carbocycles. The van der Waals surface area contributed by atoms with Crippen LogP contribution in [0.5, 0.6) is 0 Å². The summed E-state index contributed by atoms with van der Waals surface area (Å²) in [6.07, 6.45) is 2.49. The number of halogens is 1. The number of nitro groups is 1. The van der Waals surface area contributed by atoms with Crippen LogP contribution in [0.25, 0.3) is 6.08 Å². The fraction of sp³-hybridized carbons (Fsp3) is 0.100. The molecule has 1 aromatic carbocycles. The molecule has 1 rings (SSSR count). The smallest absolute Gasteiger partial charge is 0.292 e. The molecule has 1 amide bonds. The monoisotopic (exact) mass is 239 g/mol. The Morgan fingerprint density at radius 1 is 1.53 bits per heavy atom. The first kappa shape index (κ1) is 12.6. The lowest BCUT2D eigenvalue weighted by molar-refractivity contribution is -0.384. The molecular weight excluding hydrogens is 229 g/mol. The topological polar surface area (TPSA) is 112 Å². The van der Waals surface area contributed by atoms with Gasteiger partial charge in [0.2, 0.25) is 5.91 Å².